The summed E-state index contributed by atoms with van der Waals surface area (Å²) >= 11 is 2.06. The second-order valence-corrected chi connectivity index (χ2v) is 7.22. The van der Waals surface area contributed by atoms with Crippen molar-refractivity contribution in [1.29, 1.82) is 0 Å². The Morgan fingerprint density at radius 1 is 1.38 bits per heavy atom. The maximum absolute atomic E-state index is 11.7. The summed E-state index contributed by atoms with van der Waals surface area (Å²) in [5.41, 5.74) is 0.937. The summed E-state index contributed by atoms with van der Waals surface area (Å²) in [6.45, 7) is 3.20. The normalized spacial score (nSPS) is 23.7. The lowest BCUT2D eigenvalue weighted by Crippen LogP contribution is -2.40. The molecule has 0 unspecified atom stereocenters. The topological polar surface area (TPSA) is 50.2 Å². The van der Waals surface area contributed by atoms with Crippen molar-refractivity contribution in [2.24, 2.45) is 13.0 Å². The van der Waals surface area contributed by atoms with Crippen LogP contribution in [0.4, 0.5) is 5.69 Å². The second-order valence-electron chi connectivity index (χ2n) is 6.07. The van der Waals surface area contributed by atoms with Gasteiger partial charge in [0, 0.05) is 38.0 Å². The SMILES string of the molecule is Cn1ncc(N2CCC(CN[C@H]3CCSC3)CC2)cc1=O. The molecule has 5 nitrogen and oxygen atoms in total. The lowest BCUT2D eigenvalue weighted by atomic mass is 9.96. The van der Waals surface area contributed by atoms with Gasteiger partial charge in [0.05, 0.1) is 11.9 Å². The van der Waals surface area contributed by atoms with Crippen LogP contribution >= 0.6 is 11.8 Å². The van der Waals surface area contributed by atoms with Gasteiger partial charge in [0.25, 0.3) is 5.56 Å². The molecule has 21 heavy (non-hydrogen) atoms. The molecule has 3 heterocycles. The van der Waals surface area contributed by atoms with Crippen molar-refractivity contribution in [3.8, 4) is 0 Å². The van der Waals surface area contributed by atoms with Gasteiger partial charge in [-0.1, -0.05) is 0 Å². The molecule has 1 N–H and O–H groups in total. The lowest BCUT2D eigenvalue weighted by molar-refractivity contribution is 0.366. The number of aromatic nitrogens is 2. The molecular formula is C15H24N4OS. The van der Waals surface area contributed by atoms with E-state index in [1.807, 2.05) is 0 Å². The molecule has 0 spiro atoms. The highest BCUT2D eigenvalue weighted by Gasteiger charge is 2.22. The molecule has 0 amide bonds. The zero-order valence-corrected chi connectivity index (χ0v) is 13.4. The molecule has 0 aliphatic carbocycles. The summed E-state index contributed by atoms with van der Waals surface area (Å²) in [6.07, 6.45) is 5.52. The molecule has 0 radical (unpaired) electrons. The van der Waals surface area contributed by atoms with Gasteiger partial charge < -0.3 is 10.2 Å². The highest BCUT2D eigenvalue weighted by atomic mass is 32.2. The fourth-order valence-corrected chi connectivity index (χ4v) is 4.24. The fourth-order valence-electron chi connectivity index (χ4n) is 3.06. The molecule has 2 aliphatic heterocycles. The van der Waals surface area contributed by atoms with Crippen molar-refractivity contribution < 1.29 is 0 Å². The standard InChI is InChI=1S/C15H24N4OS/c1-18-15(20)8-14(10-17-18)19-5-2-12(3-6-19)9-16-13-4-7-21-11-13/h8,10,12-13,16H,2-7,9,11H2,1H3/t13-/m0/s1. The summed E-state index contributed by atoms with van der Waals surface area (Å²) in [4.78, 5) is 13.9. The summed E-state index contributed by atoms with van der Waals surface area (Å²) in [6, 6.07) is 2.43. The Morgan fingerprint density at radius 2 is 2.19 bits per heavy atom. The Balaban J connectivity index is 1.47. The molecular weight excluding hydrogens is 284 g/mol. The maximum atomic E-state index is 11.7. The molecule has 3 rings (SSSR count). The van der Waals surface area contributed by atoms with Crippen LogP contribution in [-0.4, -0.2) is 47.0 Å². The molecule has 0 saturated carbocycles. The van der Waals surface area contributed by atoms with Gasteiger partial charge in [-0.3, -0.25) is 4.79 Å². The highest BCUT2D eigenvalue weighted by Crippen LogP contribution is 2.22. The number of nitrogens with one attached hydrogen (secondary N) is 1. The summed E-state index contributed by atoms with van der Waals surface area (Å²) in [7, 11) is 1.69. The van der Waals surface area contributed by atoms with Crippen LogP contribution in [0.3, 0.4) is 0 Å². The molecule has 0 aromatic carbocycles. The first kappa shape index (κ1) is 14.9. The molecule has 1 atom stereocenters. The van der Waals surface area contributed by atoms with E-state index in [-0.39, 0.29) is 5.56 Å². The van der Waals surface area contributed by atoms with Gasteiger partial charge in [0.15, 0.2) is 0 Å². The minimum Gasteiger partial charge on any atom is -0.370 e. The van der Waals surface area contributed by atoms with Crippen LogP contribution in [0.25, 0.3) is 0 Å². The number of hydrogen-bond acceptors (Lipinski definition) is 5. The largest absolute Gasteiger partial charge is 0.370 e. The highest BCUT2D eigenvalue weighted by molar-refractivity contribution is 7.99. The maximum Gasteiger partial charge on any atom is 0.268 e. The van der Waals surface area contributed by atoms with Crippen molar-refractivity contribution in [3.05, 3.63) is 22.6 Å². The molecule has 116 valence electrons. The number of nitrogens with zero attached hydrogens (tertiary/aromatic N) is 3. The first-order valence-corrected chi connectivity index (χ1v) is 8.97. The third-order valence-electron chi connectivity index (χ3n) is 4.56. The number of thioether (sulfide) groups is 1. The third kappa shape index (κ3) is 3.80. The third-order valence-corrected chi connectivity index (χ3v) is 5.72. The monoisotopic (exact) mass is 308 g/mol. The second kappa shape index (κ2) is 6.83. The Kier molecular flexibility index (Phi) is 4.85. The fraction of sp³-hybridized carbons (Fsp3) is 0.733. The zero-order valence-electron chi connectivity index (χ0n) is 12.6. The Hall–Kier alpha value is -1.01. The van der Waals surface area contributed by atoms with E-state index in [9.17, 15) is 4.79 Å². The number of hydrogen-bond donors (Lipinski definition) is 1. The summed E-state index contributed by atoms with van der Waals surface area (Å²) < 4.78 is 1.37. The molecule has 6 heteroatoms. The summed E-state index contributed by atoms with van der Waals surface area (Å²) in [5, 5.41) is 7.83. The van der Waals surface area contributed by atoms with Crippen molar-refractivity contribution in [1.82, 2.24) is 15.1 Å². The zero-order chi connectivity index (χ0) is 14.7. The van der Waals surface area contributed by atoms with E-state index in [0.717, 1.165) is 37.3 Å². The molecule has 1 aromatic heterocycles. The van der Waals surface area contributed by atoms with E-state index in [0.29, 0.717) is 0 Å². The molecule has 2 aliphatic rings. The van der Waals surface area contributed by atoms with Crippen molar-refractivity contribution in [2.45, 2.75) is 25.3 Å². The average Bonchev–Trinajstić information content (AvgIpc) is 3.02. The molecule has 0 bridgehead atoms. The minimum atomic E-state index is -0.0324. The van der Waals surface area contributed by atoms with Crippen molar-refractivity contribution in [3.63, 3.8) is 0 Å². The average molecular weight is 308 g/mol. The van der Waals surface area contributed by atoms with Crippen LogP contribution in [0.15, 0.2) is 17.1 Å². The first-order chi connectivity index (χ1) is 10.2. The number of anilines is 1. The van der Waals surface area contributed by atoms with Crippen LogP contribution in [0.1, 0.15) is 19.3 Å². The van der Waals surface area contributed by atoms with Crippen LogP contribution in [0.2, 0.25) is 0 Å². The lowest BCUT2D eigenvalue weighted by Gasteiger charge is -2.33. The van der Waals surface area contributed by atoms with E-state index in [1.54, 1.807) is 19.3 Å². The first-order valence-electron chi connectivity index (χ1n) is 7.82. The minimum absolute atomic E-state index is 0.0324. The van der Waals surface area contributed by atoms with Gasteiger partial charge in [-0.25, -0.2) is 4.68 Å². The number of rotatable bonds is 4. The Labute approximate surface area is 130 Å². The van der Waals surface area contributed by atoms with E-state index in [1.165, 1.54) is 35.4 Å². The molecule has 1 aromatic rings. The predicted molar refractivity (Wildman–Crippen MR) is 88.1 cm³/mol. The number of piperidine rings is 1. The van der Waals surface area contributed by atoms with E-state index in [2.05, 4.69) is 27.1 Å². The van der Waals surface area contributed by atoms with Gasteiger partial charge >= 0.3 is 0 Å². The van der Waals surface area contributed by atoms with Crippen LogP contribution in [0.5, 0.6) is 0 Å². The predicted octanol–water partition coefficient (Wildman–Crippen LogP) is 1.09. The van der Waals surface area contributed by atoms with E-state index < -0.39 is 0 Å². The van der Waals surface area contributed by atoms with Gasteiger partial charge in [-0.05, 0) is 37.5 Å². The van der Waals surface area contributed by atoms with Crippen molar-refractivity contribution >= 4 is 17.4 Å². The van der Waals surface area contributed by atoms with Crippen LogP contribution in [0, 0.1) is 5.92 Å². The smallest absolute Gasteiger partial charge is 0.268 e. The molecule has 2 fully saturated rings. The van der Waals surface area contributed by atoms with Gasteiger partial charge in [0.1, 0.15) is 0 Å². The Morgan fingerprint density at radius 3 is 2.86 bits per heavy atom. The number of aryl methyl sites for hydroxylation is 1. The van der Waals surface area contributed by atoms with E-state index in [4.69, 9.17) is 0 Å². The van der Waals surface area contributed by atoms with Gasteiger partial charge in [-0.2, -0.15) is 16.9 Å². The van der Waals surface area contributed by atoms with Gasteiger partial charge in [-0.15, -0.1) is 0 Å². The Bertz CT molecular complexity index is 519. The molecule has 2 saturated heterocycles. The van der Waals surface area contributed by atoms with Gasteiger partial charge in [0.2, 0.25) is 0 Å². The quantitative estimate of drug-likeness (QED) is 0.902. The van der Waals surface area contributed by atoms with Crippen LogP contribution < -0.4 is 15.8 Å². The summed E-state index contributed by atoms with van der Waals surface area (Å²) in [5.74, 6) is 3.36. The van der Waals surface area contributed by atoms with E-state index >= 15 is 0 Å². The van der Waals surface area contributed by atoms with Crippen molar-refractivity contribution in [2.75, 3.05) is 36.0 Å². The van der Waals surface area contributed by atoms with Crippen LogP contribution in [-0.2, 0) is 7.05 Å².